The lowest BCUT2D eigenvalue weighted by atomic mass is 10.1. The van der Waals surface area contributed by atoms with Crippen LogP contribution in [0.5, 0.6) is 5.75 Å². The maximum Gasteiger partial charge on any atom is 0.251 e. The Bertz CT molecular complexity index is 425. The average molecular weight is 328 g/mol. The number of aliphatic hydroxyl groups is 1. The van der Waals surface area contributed by atoms with Crippen LogP contribution in [0.15, 0.2) is 28.7 Å². The molecular weight excluding hydrogens is 310 g/mol. The highest BCUT2D eigenvalue weighted by Gasteiger charge is 2.25. The Kier molecular flexibility index (Phi) is 4.82. The van der Waals surface area contributed by atoms with Gasteiger partial charge in [0, 0.05) is 30.4 Å². The molecule has 0 aromatic heterocycles. The first kappa shape index (κ1) is 14.3. The van der Waals surface area contributed by atoms with Crippen LogP contribution >= 0.6 is 15.9 Å². The van der Waals surface area contributed by atoms with Gasteiger partial charge in [-0.3, -0.25) is 4.79 Å². The highest BCUT2D eigenvalue weighted by Crippen LogP contribution is 2.21. The summed E-state index contributed by atoms with van der Waals surface area (Å²) in [4.78, 5) is 13.3. The van der Waals surface area contributed by atoms with Crippen molar-refractivity contribution < 1.29 is 14.6 Å². The number of nitrogens with zero attached hydrogens (tertiary/aromatic N) is 1. The van der Waals surface area contributed by atoms with Gasteiger partial charge in [0.1, 0.15) is 18.0 Å². The van der Waals surface area contributed by atoms with Crippen LogP contribution in [0.1, 0.15) is 19.8 Å². The average Bonchev–Trinajstić information content (AvgIpc) is 2.41. The summed E-state index contributed by atoms with van der Waals surface area (Å²) in [5, 5.41) is 9.27. The van der Waals surface area contributed by atoms with Gasteiger partial charge in [0.05, 0.1) is 0 Å². The Hall–Kier alpha value is -1.07. The lowest BCUT2D eigenvalue weighted by Crippen LogP contribution is -2.45. The van der Waals surface area contributed by atoms with Crippen molar-refractivity contribution >= 4 is 21.8 Å². The number of carbonyl (C=O) groups excluding carboxylic acids is 1. The number of rotatable bonds is 3. The number of aliphatic hydroxyl groups excluding tert-OH is 1. The van der Waals surface area contributed by atoms with Crippen LogP contribution in [0.4, 0.5) is 0 Å². The van der Waals surface area contributed by atoms with E-state index in [9.17, 15) is 9.90 Å². The molecule has 1 fully saturated rings. The van der Waals surface area contributed by atoms with Gasteiger partial charge in [-0.1, -0.05) is 15.9 Å². The molecule has 104 valence electrons. The predicted octanol–water partition coefficient (Wildman–Crippen LogP) is 2.20. The number of amides is 1. The zero-order valence-electron chi connectivity index (χ0n) is 10.9. The summed E-state index contributed by atoms with van der Waals surface area (Å²) in [5.41, 5.74) is 0. The third-order valence-electron chi connectivity index (χ3n) is 3.23. The number of ether oxygens (including phenoxy) is 1. The minimum Gasteiger partial charge on any atom is -0.490 e. The van der Waals surface area contributed by atoms with E-state index in [-0.39, 0.29) is 12.0 Å². The van der Waals surface area contributed by atoms with Crippen molar-refractivity contribution in [1.82, 2.24) is 4.90 Å². The maximum atomic E-state index is 11.6. The van der Waals surface area contributed by atoms with Crippen molar-refractivity contribution in [2.24, 2.45) is 0 Å². The van der Waals surface area contributed by atoms with Gasteiger partial charge in [0.25, 0.3) is 5.91 Å². The smallest absolute Gasteiger partial charge is 0.251 e. The molecule has 0 spiro atoms. The molecule has 1 aromatic rings. The summed E-state index contributed by atoms with van der Waals surface area (Å²) in [5.74, 6) is 0.658. The number of carbonyl (C=O) groups is 1. The Labute approximate surface area is 121 Å². The number of hydrogen-bond donors (Lipinski definition) is 1. The van der Waals surface area contributed by atoms with Gasteiger partial charge in [-0.15, -0.1) is 0 Å². The van der Waals surface area contributed by atoms with Crippen molar-refractivity contribution in [2.45, 2.75) is 32.0 Å². The summed E-state index contributed by atoms with van der Waals surface area (Å²) in [7, 11) is 0. The fraction of sp³-hybridized carbons (Fsp3) is 0.500. The molecule has 5 heteroatoms. The molecule has 0 bridgehead atoms. The van der Waals surface area contributed by atoms with Gasteiger partial charge in [-0.25, -0.2) is 0 Å². The highest BCUT2D eigenvalue weighted by atomic mass is 79.9. The van der Waals surface area contributed by atoms with E-state index in [2.05, 4.69) is 15.9 Å². The van der Waals surface area contributed by atoms with E-state index in [1.54, 1.807) is 4.90 Å². The number of piperidine rings is 1. The number of likely N-dealkylation sites (tertiary alicyclic amines) is 1. The highest BCUT2D eigenvalue weighted by molar-refractivity contribution is 9.10. The molecule has 0 aliphatic carbocycles. The van der Waals surface area contributed by atoms with Gasteiger partial charge in [0.15, 0.2) is 0 Å². The normalized spacial score (nSPS) is 18.2. The number of hydrogen-bond acceptors (Lipinski definition) is 3. The Morgan fingerprint density at radius 1 is 1.37 bits per heavy atom. The SMILES string of the molecule is C[C@@H](O)C(=O)N1CCC(Oc2ccc(Br)cc2)CC1. The van der Waals surface area contributed by atoms with Crippen LogP contribution in [0.25, 0.3) is 0 Å². The van der Waals surface area contributed by atoms with Crippen LogP contribution in [-0.2, 0) is 4.79 Å². The van der Waals surface area contributed by atoms with Crippen LogP contribution in [0, 0.1) is 0 Å². The summed E-state index contributed by atoms with van der Waals surface area (Å²) in [6, 6.07) is 7.75. The zero-order valence-corrected chi connectivity index (χ0v) is 12.5. The minimum atomic E-state index is -0.913. The molecule has 19 heavy (non-hydrogen) atoms. The molecule has 1 aromatic carbocycles. The molecule has 2 rings (SSSR count). The summed E-state index contributed by atoms with van der Waals surface area (Å²) < 4.78 is 6.90. The Morgan fingerprint density at radius 2 is 1.95 bits per heavy atom. The summed E-state index contributed by atoms with van der Waals surface area (Å²) in [6.45, 7) is 2.79. The van der Waals surface area contributed by atoms with Gasteiger partial charge < -0.3 is 14.7 Å². The van der Waals surface area contributed by atoms with E-state index in [1.807, 2.05) is 24.3 Å². The first-order valence-electron chi connectivity index (χ1n) is 6.45. The molecule has 0 unspecified atom stereocenters. The van der Waals surface area contributed by atoms with E-state index in [0.29, 0.717) is 13.1 Å². The molecule has 1 atom stereocenters. The summed E-state index contributed by atoms with van der Waals surface area (Å²) in [6.07, 6.45) is 0.825. The number of halogens is 1. The third kappa shape index (κ3) is 3.94. The van der Waals surface area contributed by atoms with Crippen LogP contribution < -0.4 is 4.74 Å². The largest absolute Gasteiger partial charge is 0.490 e. The van der Waals surface area contributed by atoms with Crippen molar-refractivity contribution in [3.05, 3.63) is 28.7 Å². The Balaban J connectivity index is 1.83. The van der Waals surface area contributed by atoms with E-state index in [4.69, 9.17) is 4.74 Å². The fourth-order valence-electron chi connectivity index (χ4n) is 2.16. The first-order valence-corrected chi connectivity index (χ1v) is 7.24. The zero-order chi connectivity index (χ0) is 13.8. The Morgan fingerprint density at radius 3 is 2.47 bits per heavy atom. The molecule has 0 radical (unpaired) electrons. The van der Waals surface area contributed by atoms with Crippen molar-refractivity contribution in [1.29, 1.82) is 0 Å². The maximum absolute atomic E-state index is 11.6. The molecule has 0 saturated carbocycles. The first-order chi connectivity index (χ1) is 9.06. The molecule has 1 heterocycles. The second-order valence-corrected chi connectivity index (χ2v) is 5.69. The van der Waals surface area contributed by atoms with Crippen molar-refractivity contribution in [3.63, 3.8) is 0 Å². The van der Waals surface area contributed by atoms with Gasteiger partial charge in [-0.2, -0.15) is 0 Å². The molecule has 1 aliphatic rings. The predicted molar refractivity (Wildman–Crippen MR) is 76.1 cm³/mol. The lowest BCUT2D eigenvalue weighted by molar-refractivity contribution is -0.141. The quantitative estimate of drug-likeness (QED) is 0.925. The molecule has 1 N–H and O–H groups in total. The second-order valence-electron chi connectivity index (χ2n) is 4.77. The fourth-order valence-corrected chi connectivity index (χ4v) is 2.43. The van der Waals surface area contributed by atoms with E-state index in [1.165, 1.54) is 6.92 Å². The molecular formula is C14H18BrNO3. The van der Waals surface area contributed by atoms with Gasteiger partial charge >= 0.3 is 0 Å². The van der Waals surface area contributed by atoms with Crippen molar-refractivity contribution in [3.8, 4) is 5.75 Å². The lowest BCUT2D eigenvalue weighted by Gasteiger charge is -2.32. The van der Waals surface area contributed by atoms with Crippen LogP contribution in [-0.4, -0.2) is 41.2 Å². The van der Waals surface area contributed by atoms with Gasteiger partial charge in [-0.05, 0) is 31.2 Å². The van der Waals surface area contributed by atoms with E-state index < -0.39 is 6.10 Å². The topological polar surface area (TPSA) is 49.8 Å². The van der Waals surface area contributed by atoms with E-state index >= 15 is 0 Å². The summed E-state index contributed by atoms with van der Waals surface area (Å²) >= 11 is 3.38. The van der Waals surface area contributed by atoms with Crippen LogP contribution in [0.2, 0.25) is 0 Å². The third-order valence-corrected chi connectivity index (χ3v) is 3.76. The minimum absolute atomic E-state index is 0.138. The van der Waals surface area contributed by atoms with Crippen LogP contribution in [0.3, 0.4) is 0 Å². The monoisotopic (exact) mass is 327 g/mol. The van der Waals surface area contributed by atoms with E-state index in [0.717, 1.165) is 23.1 Å². The number of benzene rings is 1. The molecule has 4 nitrogen and oxygen atoms in total. The molecule has 1 amide bonds. The molecule has 1 saturated heterocycles. The van der Waals surface area contributed by atoms with Crippen molar-refractivity contribution in [2.75, 3.05) is 13.1 Å². The van der Waals surface area contributed by atoms with Gasteiger partial charge in [0.2, 0.25) is 0 Å². The molecule has 1 aliphatic heterocycles. The second kappa shape index (κ2) is 6.39. The standard InChI is InChI=1S/C14H18BrNO3/c1-10(17)14(18)16-8-6-13(7-9-16)19-12-4-2-11(15)3-5-12/h2-5,10,13,17H,6-9H2,1H3/t10-/m1/s1.